The Labute approximate surface area is 156 Å². The summed E-state index contributed by atoms with van der Waals surface area (Å²) in [5.41, 5.74) is 1.58. The summed E-state index contributed by atoms with van der Waals surface area (Å²) in [4.78, 5) is 24.1. The maximum atomic E-state index is 12.9. The predicted octanol–water partition coefficient (Wildman–Crippen LogP) is 2.56. The lowest BCUT2D eigenvalue weighted by Crippen LogP contribution is -2.31. The molecular formula is C20H20N4O3. The van der Waals surface area contributed by atoms with Crippen molar-refractivity contribution in [3.05, 3.63) is 52.6 Å². The van der Waals surface area contributed by atoms with E-state index in [2.05, 4.69) is 14.9 Å². The Morgan fingerprint density at radius 2 is 1.89 bits per heavy atom. The lowest BCUT2D eigenvalue weighted by Gasteiger charge is -2.26. The SMILES string of the molecule is O=c1c2cnc(N3CCCCC3)nc2ccn1Cc1ccc2c(c1)OCO2. The van der Waals surface area contributed by atoms with Crippen molar-refractivity contribution in [1.82, 2.24) is 14.5 Å². The zero-order chi connectivity index (χ0) is 18.2. The van der Waals surface area contributed by atoms with Crippen LogP contribution in [0.5, 0.6) is 11.5 Å². The Morgan fingerprint density at radius 1 is 1.04 bits per heavy atom. The monoisotopic (exact) mass is 364 g/mol. The highest BCUT2D eigenvalue weighted by Crippen LogP contribution is 2.32. The van der Waals surface area contributed by atoms with Crippen LogP contribution in [0.3, 0.4) is 0 Å². The third kappa shape index (κ3) is 2.99. The fraction of sp³-hybridized carbons (Fsp3) is 0.350. The van der Waals surface area contributed by atoms with Crippen LogP contribution in [0.1, 0.15) is 24.8 Å². The second-order valence-corrected chi connectivity index (χ2v) is 6.95. The van der Waals surface area contributed by atoms with Crippen molar-refractivity contribution < 1.29 is 9.47 Å². The van der Waals surface area contributed by atoms with Crippen LogP contribution >= 0.6 is 0 Å². The fourth-order valence-corrected chi connectivity index (χ4v) is 3.67. The molecule has 2 aliphatic rings. The molecule has 2 aliphatic heterocycles. The van der Waals surface area contributed by atoms with Crippen LogP contribution in [0, 0.1) is 0 Å². The van der Waals surface area contributed by atoms with Gasteiger partial charge in [-0.3, -0.25) is 4.79 Å². The molecule has 7 nitrogen and oxygen atoms in total. The molecule has 4 heterocycles. The van der Waals surface area contributed by atoms with Gasteiger partial charge in [0.1, 0.15) is 0 Å². The minimum atomic E-state index is -0.0876. The minimum Gasteiger partial charge on any atom is -0.454 e. The predicted molar refractivity (Wildman–Crippen MR) is 102 cm³/mol. The number of hydrogen-bond acceptors (Lipinski definition) is 6. The Kier molecular flexibility index (Phi) is 3.92. The van der Waals surface area contributed by atoms with Gasteiger partial charge >= 0.3 is 0 Å². The van der Waals surface area contributed by atoms with Gasteiger partial charge in [0.05, 0.1) is 17.4 Å². The number of aromatic nitrogens is 3. The molecule has 0 aliphatic carbocycles. The summed E-state index contributed by atoms with van der Waals surface area (Å²) in [6.07, 6.45) is 7.04. The summed E-state index contributed by atoms with van der Waals surface area (Å²) >= 11 is 0. The van der Waals surface area contributed by atoms with Gasteiger partial charge in [0.2, 0.25) is 12.7 Å². The first-order valence-electron chi connectivity index (χ1n) is 9.28. The number of anilines is 1. The smallest absolute Gasteiger partial charge is 0.261 e. The second-order valence-electron chi connectivity index (χ2n) is 6.95. The number of nitrogens with zero attached hydrogens (tertiary/aromatic N) is 4. The van der Waals surface area contributed by atoms with Gasteiger partial charge in [-0.05, 0) is 43.0 Å². The summed E-state index contributed by atoms with van der Waals surface area (Å²) in [6, 6.07) is 7.62. The topological polar surface area (TPSA) is 69.5 Å². The fourth-order valence-electron chi connectivity index (χ4n) is 3.67. The van der Waals surface area contributed by atoms with Gasteiger partial charge in [-0.2, -0.15) is 0 Å². The summed E-state index contributed by atoms with van der Waals surface area (Å²) in [5.74, 6) is 2.18. The Bertz CT molecular complexity index is 1060. The molecule has 7 heteroatoms. The zero-order valence-electron chi connectivity index (χ0n) is 14.9. The number of fused-ring (bicyclic) bond motifs is 2. The molecule has 0 N–H and O–H groups in total. The van der Waals surface area contributed by atoms with Crippen molar-refractivity contribution >= 4 is 16.9 Å². The van der Waals surface area contributed by atoms with E-state index in [0.29, 0.717) is 17.4 Å². The molecule has 1 saturated heterocycles. The van der Waals surface area contributed by atoms with Gasteiger partial charge in [0, 0.05) is 25.5 Å². The summed E-state index contributed by atoms with van der Waals surface area (Å²) in [7, 11) is 0. The van der Waals surface area contributed by atoms with Gasteiger partial charge in [0.25, 0.3) is 5.56 Å². The molecular weight excluding hydrogens is 344 g/mol. The molecule has 0 saturated carbocycles. The van der Waals surface area contributed by atoms with E-state index < -0.39 is 0 Å². The molecule has 2 aromatic heterocycles. The van der Waals surface area contributed by atoms with Gasteiger partial charge in [0.15, 0.2) is 11.5 Å². The molecule has 0 bridgehead atoms. The third-order valence-corrected chi connectivity index (χ3v) is 5.14. The highest BCUT2D eigenvalue weighted by molar-refractivity contribution is 5.77. The molecule has 0 unspecified atom stereocenters. The van der Waals surface area contributed by atoms with Crippen molar-refractivity contribution in [2.75, 3.05) is 24.8 Å². The van der Waals surface area contributed by atoms with E-state index in [1.807, 2.05) is 24.3 Å². The highest BCUT2D eigenvalue weighted by atomic mass is 16.7. The van der Waals surface area contributed by atoms with E-state index in [4.69, 9.17) is 9.47 Å². The van der Waals surface area contributed by atoms with Crippen LogP contribution in [0.15, 0.2) is 41.5 Å². The highest BCUT2D eigenvalue weighted by Gasteiger charge is 2.16. The van der Waals surface area contributed by atoms with Crippen molar-refractivity contribution in [2.45, 2.75) is 25.8 Å². The minimum absolute atomic E-state index is 0.0876. The van der Waals surface area contributed by atoms with Crippen LogP contribution < -0.4 is 19.9 Å². The average molecular weight is 364 g/mol. The standard InChI is InChI=1S/C20H20N4O3/c25-19-15-11-21-20(23-7-2-1-3-8-23)22-16(15)6-9-24(19)12-14-4-5-17-18(10-14)27-13-26-17/h4-6,9-11H,1-3,7-8,12-13H2. The molecule has 0 atom stereocenters. The first-order chi connectivity index (χ1) is 13.3. The molecule has 0 spiro atoms. The second kappa shape index (κ2) is 6.57. The van der Waals surface area contributed by atoms with Crippen molar-refractivity contribution in [2.24, 2.45) is 0 Å². The van der Waals surface area contributed by atoms with Crippen LogP contribution in [0.4, 0.5) is 5.95 Å². The van der Waals surface area contributed by atoms with Crippen LogP contribution in [0.25, 0.3) is 10.9 Å². The molecule has 0 radical (unpaired) electrons. The molecule has 0 amide bonds. The van der Waals surface area contributed by atoms with Gasteiger partial charge in [-0.15, -0.1) is 0 Å². The molecule has 27 heavy (non-hydrogen) atoms. The quantitative estimate of drug-likeness (QED) is 0.711. The van der Waals surface area contributed by atoms with E-state index >= 15 is 0 Å². The number of ether oxygens (including phenoxy) is 2. The Hall–Kier alpha value is -3.09. The number of pyridine rings is 1. The lowest BCUT2D eigenvalue weighted by atomic mass is 10.1. The summed E-state index contributed by atoms with van der Waals surface area (Å²) in [5, 5.41) is 0.541. The third-order valence-electron chi connectivity index (χ3n) is 5.14. The first-order valence-corrected chi connectivity index (χ1v) is 9.28. The van der Waals surface area contributed by atoms with Crippen molar-refractivity contribution in [3.63, 3.8) is 0 Å². The molecule has 3 aromatic rings. The maximum absolute atomic E-state index is 12.9. The summed E-state index contributed by atoms with van der Waals surface area (Å²) in [6.45, 7) is 2.66. The van der Waals surface area contributed by atoms with Crippen LogP contribution in [-0.4, -0.2) is 34.4 Å². The molecule has 138 valence electrons. The molecule has 5 rings (SSSR count). The Morgan fingerprint density at radius 3 is 2.78 bits per heavy atom. The van der Waals surface area contributed by atoms with Gasteiger partial charge in [-0.1, -0.05) is 6.07 Å². The van der Waals surface area contributed by atoms with E-state index in [1.165, 1.54) is 19.3 Å². The molecule has 1 aromatic carbocycles. The number of hydrogen-bond donors (Lipinski definition) is 0. The number of rotatable bonds is 3. The lowest BCUT2D eigenvalue weighted by molar-refractivity contribution is 0.174. The Balaban J connectivity index is 1.45. The van der Waals surface area contributed by atoms with E-state index in [1.54, 1.807) is 17.0 Å². The molecule has 1 fully saturated rings. The van der Waals surface area contributed by atoms with Gasteiger partial charge < -0.3 is 18.9 Å². The average Bonchev–Trinajstić information content (AvgIpc) is 3.18. The van der Waals surface area contributed by atoms with Gasteiger partial charge in [-0.25, -0.2) is 9.97 Å². The van der Waals surface area contributed by atoms with Crippen molar-refractivity contribution in [1.29, 1.82) is 0 Å². The maximum Gasteiger partial charge on any atom is 0.261 e. The first kappa shape index (κ1) is 16.1. The van der Waals surface area contributed by atoms with E-state index in [9.17, 15) is 4.79 Å². The zero-order valence-corrected chi connectivity index (χ0v) is 14.9. The van der Waals surface area contributed by atoms with Crippen LogP contribution in [-0.2, 0) is 6.54 Å². The van der Waals surface area contributed by atoms with Crippen molar-refractivity contribution in [3.8, 4) is 11.5 Å². The van der Waals surface area contributed by atoms with Crippen LogP contribution in [0.2, 0.25) is 0 Å². The largest absolute Gasteiger partial charge is 0.454 e. The number of benzene rings is 1. The summed E-state index contributed by atoms with van der Waals surface area (Å²) < 4.78 is 12.4. The normalized spacial score (nSPS) is 16.1. The van der Waals surface area contributed by atoms with E-state index in [0.717, 1.165) is 36.1 Å². The number of piperidine rings is 1. The van der Waals surface area contributed by atoms with E-state index in [-0.39, 0.29) is 12.4 Å².